The van der Waals surface area contributed by atoms with Gasteiger partial charge in [0, 0.05) is 24.8 Å². The van der Waals surface area contributed by atoms with Crippen molar-refractivity contribution in [3.63, 3.8) is 0 Å². The first-order valence-corrected chi connectivity index (χ1v) is 7.66. The Hall–Kier alpha value is -2.96. The number of aryl methyl sites for hydroxylation is 1. The van der Waals surface area contributed by atoms with Gasteiger partial charge in [-0.15, -0.1) is 0 Å². The van der Waals surface area contributed by atoms with Gasteiger partial charge in [-0.3, -0.25) is 4.79 Å². The van der Waals surface area contributed by atoms with E-state index in [1.54, 1.807) is 0 Å². The number of carbonyl (C=O) groups excluding carboxylic acids is 2. The smallest absolute Gasteiger partial charge is 0.330 e. The van der Waals surface area contributed by atoms with Crippen LogP contribution >= 0.6 is 0 Å². The molecular formula is C18H22N2O5. The summed E-state index contributed by atoms with van der Waals surface area (Å²) in [5.74, 6) is -0.828. The van der Waals surface area contributed by atoms with Crippen LogP contribution in [0.15, 0.2) is 31.0 Å². The second-order valence-corrected chi connectivity index (χ2v) is 6.23. The highest BCUT2D eigenvalue weighted by atomic mass is 16.6. The molecule has 0 fully saturated rings. The number of nitrogens with one attached hydrogen (secondary N) is 1. The molecular weight excluding hydrogens is 324 g/mol. The van der Waals surface area contributed by atoms with Gasteiger partial charge in [0.1, 0.15) is 11.4 Å². The highest BCUT2D eigenvalue weighted by Crippen LogP contribution is 2.21. The first-order chi connectivity index (χ1) is 11.6. The molecule has 0 bridgehead atoms. The number of carboxylic acids is 1. The number of nitrogens with zero attached hydrogens (tertiary/aromatic N) is 1. The van der Waals surface area contributed by atoms with Crippen LogP contribution in [0.25, 0.3) is 6.08 Å². The average molecular weight is 346 g/mol. The van der Waals surface area contributed by atoms with Crippen LogP contribution < -0.4 is 5.32 Å². The molecule has 1 amide bonds. The maximum absolute atomic E-state index is 11.1. The van der Waals surface area contributed by atoms with E-state index in [4.69, 9.17) is 9.84 Å². The first-order valence-electron chi connectivity index (χ1n) is 7.66. The lowest BCUT2D eigenvalue weighted by atomic mass is 10.0. The van der Waals surface area contributed by atoms with E-state index in [2.05, 4.69) is 16.9 Å². The molecule has 0 saturated heterocycles. The average Bonchev–Trinajstić information content (AvgIpc) is 2.51. The number of fused-ring (bicyclic) bond motifs is 1. The first kappa shape index (κ1) is 20.1. The minimum Gasteiger partial charge on any atom is -0.478 e. The van der Waals surface area contributed by atoms with Gasteiger partial charge in [0.05, 0.1) is 0 Å². The fourth-order valence-corrected chi connectivity index (χ4v) is 1.88. The zero-order valence-electron chi connectivity index (χ0n) is 14.5. The molecule has 134 valence electrons. The summed E-state index contributed by atoms with van der Waals surface area (Å²) in [5.41, 5.74) is 1.26. The van der Waals surface area contributed by atoms with Crippen molar-refractivity contribution in [2.24, 2.45) is 0 Å². The van der Waals surface area contributed by atoms with Crippen molar-refractivity contribution >= 4 is 29.7 Å². The van der Waals surface area contributed by atoms with Crippen molar-refractivity contribution < 1.29 is 24.2 Å². The molecule has 1 aliphatic heterocycles. The highest BCUT2D eigenvalue weighted by molar-refractivity contribution is 5.93. The lowest BCUT2D eigenvalue weighted by molar-refractivity contribution is -0.148. The Bertz CT molecular complexity index is 702. The van der Waals surface area contributed by atoms with E-state index in [0.29, 0.717) is 18.7 Å². The van der Waals surface area contributed by atoms with Gasteiger partial charge in [0.2, 0.25) is 5.91 Å². The van der Waals surface area contributed by atoms with E-state index >= 15 is 0 Å². The standard InChI is InChI=1S/C11H10N2O3.C7H12O2/c14-9-3-2-8-5-7(1-4-10(15)16)6-12-11(8)13-9;1-5-6(8)9-7(2,3)4/h1,4-6H,2-3H2,(H,15,16)(H,12,13,14);5H,1H2,2-4H3. The molecule has 0 atom stereocenters. The van der Waals surface area contributed by atoms with Gasteiger partial charge in [-0.1, -0.05) is 6.58 Å². The SMILES string of the molecule is C=CC(=O)OC(C)(C)C.O=C(O)C=Cc1cnc2c(c1)CCC(=O)N2. The third-order valence-corrected chi connectivity index (χ3v) is 2.86. The van der Waals surface area contributed by atoms with Gasteiger partial charge in [-0.25, -0.2) is 14.6 Å². The van der Waals surface area contributed by atoms with Crippen LogP contribution in [0.4, 0.5) is 5.82 Å². The maximum atomic E-state index is 11.1. The molecule has 1 aromatic rings. The Balaban J connectivity index is 0.000000299. The fraction of sp³-hybridized carbons (Fsp3) is 0.333. The Morgan fingerprint density at radius 3 is 2.56 bits per heavy atom. The number of ether oxygens (including phenoxy) is 1. The summed E-state index contributed by atoms with van der Waals surface area (Å²) in [5, 5.41) is 11.1. The molecule has 0 aliphatic carbocycles. The molecule has 1 aromatic heterocycles. The monoisotopic (exact) mass is 346 g/mol. The number of hydrogen-bond acceptors (Lipinski definition) is 5. The van der Waals surface area contributed by atoms with Crippen molar-refractivity contribution in [3.8, 4) is 0 Å². The van der Waals surface area contributed by atoms with Crippen LogP contribution in [0, 0.1) is 0 Å². The molecule has 1 aliphatic rings. The van der Waals surface area contributed by atoms with Crippen molar-refractivity contribution in [2.75, 3.05) is 5.32 Å². The molecule has 7 heteroatoms. The Kier molecular flexibility index (Phi) is 7.05. The molecule has 0 spiro atoms. The van der Waals surface area contributed by atoms with Crippen molar-refractivity contribution in [3.05, 3.63) is 42.1 Å². The Morgan fingerprint density at radius 1 is 1.36 bits per heavy atom. The van der Waals surface area contributed by atoms with Gasteiger partial charge in [0.15, 0.2) is 0 Å². The lowest BCUT2D eigenvalue weighted by Gasteiger charge is -2.17. The van der Waals surface area contributed by atoms with Gasteiger partial charge in [0.25, 0.3) is 0 Å². The van der Waals surface area contributed by atoms with Crippen LogP contribution in [0.2, 0.25) is 0 Å². The van der Waals surface area contributed by atoms with Crippen LogP contribution in [0.1, 0.15) is 38.3 Å². The number of carbonyl (C=O) groups is 3. The third kappa shape index (κ3) is 7.92. The summed E-state index contributed by atoms with van der Waals surface area (Å²) < 4.78 is 4.83. The summed E-state index contributed by atoms with van der Waals surface area (Å²) in [7, 11) is 0. The quantitative estimate of drug-likeness (QED) is 0.644. The molecule has 0 unspecified atom stereocenters. The number of rotatable bonds is 3. The van der Waals surface area contributed by atoms with Gasteiger partial charge >= 0.3 is 11.9 Å². The number of amides is 1. The van der Waals surface area contributed by atoms with Crippen LogP contribution in [-0.2, 0) is 25.5 Å². The van der Waals surface area contributed by atoms with E-state index in [0.717, 1.165) is 23.3 Å². The zero-order valence-corrected chi connectivity index (χ0v) is 14.5. The van der Waals surface area contributed by atoms with Gasteiger partial charge in [-0.05, 0) is 50.5 Å². The molecule has 25 heavy (non-hydrogen) atoms. The number of carboxylic acid groups (broad SMARTS) is 1. The molecule has 0 saturated carbocycles. The Labute approximate surface area is 146 Å². The second kappa shape index (κ2) is 8.77. The molecule has 2 heterocycles. The van der Waals surface area contributed by atoms with Gasteiger partial charge in [-0.2, -0.15) is 0 Å². The van der Waals surface area contributed by atoms with E-state index in [1.807, 2.05) is 26.8 Å². The number of aromatic nitrogens is 1. The summed E-state index contributed by atoms with van der Waals surface area (Å²) in [6, 6.07) is 1.83. The number of aliphatic carboxylic acids is 1. The van der Waals surface area contributed by atoms with Crippen molar-refractivity contribution in [1.82, 2.24) is 4.98 Å². The number of pyridine rings is 1. The zero-order chi connectivity index (χ0) is 19.0. The summed E-state index contributed by atoms with van der Waals surface area (Å²) in [6.07, 6.45) is 6.32. The minimum absolute atomic E-state index is 0.0335. The number of hydrogen-bond donors (Lipinski definition) is 2. The van der Waals surface area contributed by atoms with Gasteiger partial charge < -0.3 is 15.2 Å². The van der Waals surface area contributed by atoms with Crippen molar-refractivity contribution in [1.29, 1.82) is 0 Å². The highest BCUT2D eigenvalue weighted by Gasteiger charge is 2.15. The van der Waals surface area contributed by atoms with E-state index in [1.165, 1.54) is 12.3 Å². The van der Waals surface area contributed by atoms with E-state index < -0.39 is 11.6 Å². The Morgan fingerprint density at radius 2 is 2.04 bits per heavy atom. The third-order valence-electron chi connectivity index (χ3n) is 2.86. The summed E-state index contributed by atoms with van der Waals surface area (Å²) in [4.78, 5) is 36.0. The van der Waals surface area contributed by atoms with E-state index in [-0.39, 0.29) is 11.9 Å². The minimum atomic E-state index is -0.994. The lowest BCUT2D eigenvalue weighted by Crippen LogP contribution is -2.22. The number of esters is 1. The largest absolute Gasteiger partial charge is 0.478 e. The summed E-state index contributed by atoms with van der Waals surface area (Å²) in [6.45, 7) is 8.71. The van der Waals surface area contributed by atoms with Crippen LogP contribution in [0.3, 0.4) is 0 Å². The van der Waals surface area contributed by atoms with Crippen LogP contribution in [-0.4, -0.2) is 33.5 Å². The molecule has 0 radical (unpaired) electrons. The van der Waals surface area contributed by atoms with Crippen molar-refractivity contribution in [2.45, 2.75) is 39.2 Å². The van der Waals surface area contributed by atoms with Crippen LogP contribution in [0.5, 0.6) is 0 Å². The second-order valence-electron chi connectivity index (χ2n) is 6.23. The molecule has 0 aromatic carbocycles. The normalized spacial score (nSPS) is 13.2. The van der Waals surface area contributed by atoms with E-state index in [9.17, 15) is 14.4 Å². The molecule has 2 rings (SSSR count). The maximum Gasteiger partial charge on any atom is 0.330 e. The molecule has 7 nitrogen and oxygen atoms in total. The number of anilines is 1. The molecule has 2 N–H and O–H groups in total. The topological polar surface area (TPSA) is 106 Å². The fourth-order valence-electron chi connectivity index (χ4n) is 1.88. The predicted octanol–water partition coefficient (Wildman–Crippen LogP) is 2.58. The summed E-state index contributed by atoms with van der Waals surface area (Å²) >= 11 is 0. The predicted molar refractivity (Wildman–Crippen MR) is 93.9 cm³/mol.